The Hall–Kier alpha value is -2.63. The first-order chi connectivity index (χ1) is 11.3. The Balaban J connectivity index is 2.18. The summed E-state index contributed by atoms with van der Waals surface area (Å²) in [5.74, 6) is -1.91. The minimum atomic E-state index is -1.68. The molecule has 2 rings (SSSR count). The van der Waals surface area contributed by atoms with Gasteiger partial charge in [0.05, 0.1) is 5.57 Å². The third-order valence-electron chi connectivity index (χ3n) is 3.44. The van der Waals surface area contributed by atoms with Crippen LogP contribution in [-0.2, 0) is 35.2 Å². The Labute approximate surface area is 140 Å². The average molecular weight is 332 g/mol. The van der Waals surface area contributed by atoms with Gasteiger partial charge in [-0.2, -0.15) is 0 Å². The van der Waals surface area contributed by atoms with Gasteiger partial charge in [-0.25, -0.2) is 9.59 Å². The van der Waals surface area contributed by atoms with Gasteiger partial charge in [0.1, 0.15) is 13.2 Å². The summed E-state index contributed by atoms with van der Waals surface area (Å²) < 4.78 is 15.3. The van der Waals surface area contributed by atoms with Crippen LogP contribution in [-0.4, -0.2) is 30.1 Å². The van der Waals surface area contributed by atoms with Crippen molar-refractivity contribution in [3.63, 3.8) is 0 Å². The second-order valence-corrected chi connectivity index (χ2v) is 5.88. The molecular formula is C18H20O6. The van der Waals surface area contributed by atoms with E-state index in [4.69, 9.17) is 14.2 Å². The molecule has 1 saturated heterocycles. The molecule has 0 saturated carbocycles. The lowest BCUT2D eigenvalue weighted by Crippen LogP contribution is -2.60. The summed E-state index contributed by atoms with van der Waals surface area (Å²) in [7, 11) is 0. The smallest absolute Gasteiger partial charge is 0.359 e. The molecule has 0 spiro atoms. The van der Waals surface area contributed by atoms with E-state index in [2.05, 4.69) is 0 Å². The molecule has 0 unspecified atom stereocenters. The summed E-state index contributed by atoms with van der Waals surface area (Å²) >= 11 is 0. The largest absolute Gasteiger partial charge is 0.461 e. The predicted molar refractivity (Wildman–Crippen MR) is 84.6 cm³/mol. The van der Waals surface area contributed by atoms with Crippen molar-refractivity contribution in [2.45, 2.75) is 33.0 Å². The maximum atomic E-state index is 12.5. The van der Waals surface area contributed by atoms with Crippen LogP contribution >= 0.6 is 0 Å². The highest BCUT2D eigenvalue weighted by Gasteiger charge is 2.60. The summed E-state index contributed by atoms with van der Waals surface area (Å²) in [5, 5.41) is 0. The molecule has 1 aromatic rings. The lowest BCUT2D eigenvalue weighted by molar-refractivity contribution is -0.201. The molecule has 1 heterocycles. The first-order valence-corrected chi connectivity index (χ1v) is 7.65. The van der Waals surface area contributed by atoms with Crippen molar-refractivity contribution in [2.75, 3.05) is 6.61 Å². The fourth-order valence-electron chi connectivity index (χ4n) is 2.28. The van der Waals surface area contributed by atoms with E-state index in [1.165, 1.54) is 6.92 Å². The minimum absolute atomic E-state index is 0.0199. The van der Waals surface area contributed by atoms with E-state index in [1.54, 1.807) is 6.08 Å². The average Bonchev–Trinajstić information content (AvgIpc) is 2.54. The van der Waals surface area contributed by atoms with Gasteiger partial charge in [0, 0.05) is 6.92 Å². The van der Waals surface area contributed by atoms with E-state index in [1.807, 2.05) is 44.2 Å². The Morgan fingerprint density at radius 1 is 1.21 bits per heavy atom. The van der Waals surface area contributed by atoms with E-state index >= 15 is 0 Å². The number of carbonyl (C=O) groups excluding carboxylic acids is 3. The molecule has 1 fully saturated rings. The van der Waals surface area contributed by atoms with E-state index < -0.39 is 23.5 Å². The van der Waals surface area contributed by atoms with E-state index in [9.17, 15) is 14.4 Å². The summed E-state index contributed by atoms with van der Waals surface area (Å²) in [4.78, 5) is 35.4. The van der Waals surface area contributed by atoms with E-state index in [-0.39, 0.29) is 24.7 Å². The van der Waals surface area contributed by atoms with Gasteiger partial charge < -0.3 is 14.2 Å². The number of benzene rings is 1. The zero-order valence-corrected chi connectivity index (χ0v) is 13.9. The number of carbonyl (C=O) groups is 3. The molecule has 128 valence electrons. The monoisotopic (exact) mass is 332 g/mol. The topological polar surface area (TPSA) is 78.9 Å². The van der Waals surface area contributed by atoms with Crippen molar-refractivity contribution in [1.29, 1.82) is 0 Å². The molecule has 0 radical (unpaired) electrons. The highest BCUT2D eigenvalue weighted by Crippen LogP contribution is 2.37. The number of allylic oxidation sites excluding steroid dienone is 1. The molecule has 6 nitrogen and oxygen atoms in total. The van der Waals surface area contributed by atoms with Crippen LogP contribution < -0.4 is 0 Å². The van der Waals surface area contributed by atoms with Crippen LogP contribution in [0, 0.1) is 5.92 Å². The van der Waals surface area contributed by atoms with Gasteiger partial charge in [-0.05, 0) is 11.5 Å². The number of cyclic esters (lactones) is 1. The molecule has 24 heavy (non-hydrogen) atoms. The van der Waals surface area contributed by atoms with Crippen molar-refractivity contribution < 1.29 is 28.6 Å². The third kappa shape index (κ3) is 3.82. The Kier molecular flexibility index (Phi) is 5.39. The summed E-state index contributed by atoms with van der Waals surface area (Å²) in [5.41, 5.74) is -0.715. The van der Waals surface area contributed by atoms with Gasteiger partial charge >= 0.3 is 17.9 Å². The first-order valence-electron chi connectivity index (χ1n) is 7.65. The highest BCUT2D eigenvalue weighted by molar-refractivity contribution is 6.08. The van der Waals surface area contributed by atoms with Crippen LogP contribution in [0.1, 0.15) is 26.3 Å². The van der Waals surface area contributed by atoms with Crippen molar-refractivity contribution in [3.8, 4) is 0 Å². The van der Waals surface area contributed by atoms with Gasteiger partial charge in [0.25, 0.3) is 5.60 Å². The van der Waals surface area contributed by atoms with Crippen LogP contribution in [0.25, 0.3) is 0 Å². The molecule has 6 heteroatoms. The van der Waals surface area contributed by atoms with Crippen LogP contribution in [0.15, 0.2) is 42.0 Å². The zero-order valence-electron chi connectivity index (χ0n) is 13.9. The minimum Gasteiger partial charge on any atom is -0.461 e. The maximum absolute atomic E-state index is 12.5. The highest BCUT2D eigenvalue weighted by atomic mass is 16.6. The van der Waals surface area contributed by atoms with E-state index in [0.29, 0.717) is 0 Å². The van der Waals surface area contributed by atoms with Gasteiger partial charge in [-0.1, -0.05) is 50.3 Å². The summed E-state index contributed by atoms with van der Waals surface area (Å²) in [6.07, 6.45) is 1.62. The van der Waals surface area contributed by atoms with Crippen LogP contribution in [0.5, 0.6) is 0 Å². The molecule has 0 aliphatic carbocycles. The fourth-order valence-corrected chi connectivity index (χ4v) is 2.28. The summed E-state index contributed by atoms with van der Waals surface area (Å²) in [6.45, 7) is 4.60. The lowest BCUT2D eigenvalue weighted by atomic mass is 9.86. The van der Waals surface area contributed by atoms with Gasteiger partial charge in [-0.15, -0.1) is 0 Å². The van der Waals surface area contributed by atoms with Crippen LogP contribution in [0.2, 0.25) is 0 Å². The van der Waals surface area contributed by atoms with Crippen LogP contribution in [0.3, 0.4) is 0 Å². The van der Waals surface area contributed by atoms with Crippen molar-refractivity contribution in [1.82, 2.24) is 0 Å². The molecule has 1 aliphatic rings. The molecule has 1 aromatic carbocycles. The van der Waals surface area contributed by atoms with E-state index in [0.717, 1.165) is 5.56 Å². The summed E-state index contributed by atoms with van der Waals surface area (Å²) in [6, 6.07) is 9.12. The fraction of sp³-hybridized carbons (Fsp3) is 0.389. The van der Waals surface area contributed by atoms with Crippen molar-refractivity contribution in [3.05, 3.63) is 47.5 Å². The molecular weight excluding hydrogens is 312 g/mol. The molecule has 1 atom stereocenters. The molecule has 1 aliphatic heterocycles. The quantitative estimate of drug-likeness (QED) is 0.451. The second-order valence-electron chi connectivity index (χ2n) is 5.88. The Bertz CT molecular complexity index is 661. The lowest BCUT2D eigenvalue weighted by Gasteiger charge is -2.39. The Morgan fingerprint density at radius 2 is 1.88 bits per heavy atom. The van der Waals surface area contributed by atoms with Crippen molar-refractivity contribution in [2.24, 2.45) is 5.92 Å². The SMILES string of the molecule is CC(=O)OC[C@@]1(C(=O)OCc2ccccc2)OC(=O)/C1=C\C(C)C. The molecule has 0 amide bonds. The van der Waals surface area contributed by atoms with Crippen LogP contribution in [0.4, 0.5) is 0 Å². The molecule has 0 bridgehead atoms. The Morgan fingerprint density at radius 3 is 2.42 bits per heavy atom. The van der Waals surface area contributed by atoms with Gasteiger partial charge in [0.15, 0.2) is 0 Å². The van der Waals surface area contributed by atoms with Gasteiger partial charge in [-0.3, -0.25) is 4.79 Å². The normalized spacial score (nSPS) is 21.2. The maximum Gasteiger partial charge on any atom is 0.359 e. The van der Waals surface area contributed by atoms with Crippen molar-refractivity contribution >= 4 is 17.9 Å². The predicted octanol–water partition coefficient (Wildman–Crippen LogP) is 2.17. The zero-order chi connectivity index (χ0) is 17.7. The third-order valence-corrected chi connectivity index (χ3v) is 3.44. The number of ether oxygens (including phenoxy) is 3. The standard InChI is InChI=1S/C18H20O6/c1-12(2)9-15-16(20)24-18(15,11-23-13(3)19)17(21)22-10-14-7-5-4-6-8-14/h4-9,12H,10-11H2,1-3H3/b15-9+/t18-/m1/s1. The number of hydrogen-bond acceptors (Lipinski definition) is 6. The number of rotatable bonds is 6. The molecule has 0 N–H and O–H groups in total. The first kappa shape index (κ1) is 17.7. The van der Waals surface area contributed by atoms with Gasteiger partial charge in [0.2, 0.25) is 0 Å². The number of hydrogen-bond donors (Lipinski definition) is 0. The number of esters is 3. The second kappa shape index (κ2) is 7.29. The molecule has 0 aromatic heterocycles.